The van der Waals surface area contributed by atoms with E-state index >= 15 is 0 Å². The van der Waals surface area contributed by atoms with E-state index in [2.05, 4.69) is 41.6 Å². The minimum absolute atomic E-state index is 0. The Hall–Kier alpha value is -1.85. The van der Waals surface area contributed by atoms with Crippen LogP contribution in [0.3, 0.4) is 0 Å². The van der Waals surface area contributed by atoms with Gasteiger partial charge in [0.1, 0.15) is 0 Å². The lowest BCUT2D eigenvalue weighted by Gasteiger charge is -2.14. The van der Waals surface area contributed by atoms with Crippen LogP contribution in [0.1, 0.15) is 53.0 Å². The molecular formula is C19H27ClN4O. The van der Waals surface area contributed by atoms with E-state index in [0.717, 1.165) is 49.8 Å². The molecule has 1 aromatic carbocycles. The maximum absolute atomic E-state index is 12.6. The van der Waals surface area contributed by atoms with E-state index < -0.39 is 0 Å². The Kier molecular flexibility index (Phi) is 7.02. The van der Waals surface area contributed by atoms with E-state index in [9.17, 15) is 4.79 Å². The summed E-state index contributed by atoms with van der Waals surface area (Å²) in [5, 5.41) is 7.66. The molecule has 0 unspecified atom stereocenters. The number of nitrogens with two attached hydrogens (primary N) is 1. The monoisotopic (exact) mass is 362 g/mol. The van der Waals surface area contributed by atoms with Gasteiger partial charge in [0, 0.05) is 17.8 Å². The fourth-order valence-electron chi connectivity index (χ4n) is 3.24. The molecule has 2 aromatic rings. The molecule has 0 saturated heterocycles. The van der Waals surface area contributed by atoms with Crippen LogP contribution in [0.15, 0.2) is 24.3 Å². The first-order valence-corrected chi connectivity index (χ1v) is 8.87. The second-order valence-electron chi connectivity index (χ2n) is 6.48. The summed E-state index contributed by atoms with van der Waals surface area (Å²) in [7, 11) is 0. The van der Waals surface area contributed by atoms with E-state index in [1.54, 1.807) is 0 Å². The number of hydrogen-bond donors (Lipinski definition) is 2. The van der Waals surface area contributed by atoms with Crippen molar-refractivity contribution in [1.29, 1.82) is 0 Å². The molecule has 3 rings (SSSR count). The molecule has 0 saturated carbocycles. The highest BCUT2D eigenvalue weighted by molar-refractivity contribution is 5.94. The Labute approximate surface area is 155 Å². The average Bonchev–Trinajstić information content (AvgIpc) is 2.99. The molecule has 0 radical (unpaired) electrons. The number of unbranched alkanes of at least 4 members (excludes halogenated alkanes) is 1. The maximum atomic E-state index is 12.6. The van der Waals surface area contributed by atoms with Crippen molar-refractivity contribution in [3.8, 4) is 5.69 Å². The summed E-state index contributed by atoms with van der Waals surface area (Å²) in [6, 6.07) is 8.30. The predicted molar refractivity (Wildman–Crippen MR) is 103 cm³/mol. The zero-order valence-electron chi connectivity index (χ0n) is 14.8. The molecule has 0 atom stereocenters. The van der Waals surface area contributed by atoms with Gasteiger partial charge in [0.15, 0.2) is 5.69 Å². The molecule has 1 aliphatic rings. The summed E-state index contributed by atoms with van der Waals surface area (Å²) in [6.45, 7) is 3.39. The number of fused-ring (bicyclic) bond motifs is 1. The minimum Gasteiger partial charge on any atom is -0.351 e. The smallest absolute Gasteiger partial charge is 0.272 e. The fourth-order valence-corrected chi connectivity index (χ4v) is 3.24. The van der Waals surface area contributed by atoms with Crippen molar-refractivity contribution in [3.05, 3.63) is 46.8 Å². The van der Waals surface area contributed by atoms with Gasteiger partial charge < -0.3 is 11.1 Å². The predicted octanol–water partition coefficient (Wildman–Crippen LogP) is 2.95. The first kappa shape index (κ1) is 19.5. The van der Waals surface area contributed by atoms with E-state index in [1.165, 1.54) is 11.3 Å². The van der Waals surface area contributed by atoms with Crippen LogP contribution >= 0.6 is 12.4 Å². The van der Waals surface area contributed by atoms with Gasteiger partial charge in [0.25, 0.3) is 5.91 Å². The van der Waals surface area contributed by atoms with Gasteiger partial charge in [0.2, 0.25) is 0 Å². The lowest BCUT2D eigenvalue weighted by atomic mass is 9.95. The second-order valence-corrected chi connectivity index (χ2v) is 6.48. The van der Waals surface area contributed by atoms with Crippen molar-refractivity contribution in [3.63, 3.8) is 0 Å². The van der Waals surface area contributed by atoms with Gasteiger partial charge in [-0.05, 0) is 64.1 Å². The standard InChI is InChI=1S/C19H26N4O.ClH/c1-14-8-10-15(11-9-14)23-17-7-3-2-6-16(17)18(22-23)19(24)21-13-5-4-12-20;/h8-11H,2-7,12-13,20H2,1H3,(H,21,24);1H. The quantitative estimate of drug-likeness (QED) is 0.776. The van der Waals surface area contributed by atoms with Gasteiger partial charge in [-0.3, -0.25) is 4.79 Å². The molecule has 6 heteroatoms. The van der Waals surface area contributed by atoms with Crippen LogP contribution in [-0.2, 0) is 12.8 Å². The van der Waals surface area contributed by atoms with Gasteiger partial charge in [-0.1, -0.05) is 17.7 Å². The number of benzene rings is 1. The third-order valence-corrected chi connectivity index (χ3v) is 4.59. The van der Waals surface area contributed by atoms with Gasteiger partial charge in [-0.2, -0.15) is 5.10 Å². The van der Waals surface area contributed by atoms with Crippen LogP contribution in [0.5, 0.6) is 0 Å². The topological polar surface area (TPSA) is 72.9 Å². The number of amides is 1. The molecule has 0 spiro atoms. The van der Waals surface area contributed by atoms with Crippen molar-refractivity contribution in [2.45, 2.75) is 45.4 Å². The zero-order chi connectivity index (χ0) is 16.9. The van der Waals surface area contributed by atoms with Crippen molar-refractivity contribution in [2.75, 3.05) is 13.1 Å². The van der Waals surface area contributed by atoms with E-state index in [4.69, 9.17) is 5.73 Å². The highest BCUT2D eigenvalue weighted by atomic mass is 35.5. The zero-order valence-corrected chi connectivity index (χ0v) is 15.6. The van der Waals surface area contributed by atoms with Crippen LogP contribution in [0, 0.1) is 6.92 Å². The number of aromatic nitrogens is 2. The minimum atomic E-state index is -0.0592. The number of nitrogens with one attached hydrogen (secondary N) is 1. The Morgan fingerprint density at radius 2 is 1.92 bits per heavy atom. The first-order chi connectivity index (χ1) is 11.7. The first-order valence-electron chi connectivity index (χ1n) is 8.87. The number of carbonyl (C=O) groups is 1. The van der Waals surface area contributed by atoms with E-state index in [1.807, 2.05) is 4.68 Å². The van der Waals surface area contributed by atoms with Gasteiger partial charge in [-0.25, -0.2) is 4.68 Å². The second kappa shape index (κ2) is 9.02. The number of rotatable bonds is 6. The number of carbonyl (C=O) groups excluding carboxylic acids is 1. The third kappa shape index (κ3) is 4.41. The largest absolute Gasteiger partial charge is 0.351 e. The molecule has 3 N–H and O–H groups in total. The Morgan fingerprint density at radius 1 is 1.20 bits per heavy atom. The SMILES string of the molecule is Cc1ccc(-n2nc(C(=O)NCCCCN)c3c2CCCC3)cc1.Cl. The normalized spacial score (nSPS) is 13.0. The number of hydrogen-bond acceptors (Lipinski definition) is 3. The molecule has 1 aliphatic carbocycles. The summed E-state index contributed by atoms with van der Waals surface area (Å²) < 4.78 is 1.96. The van der Waals surface area contributed by atoms with E-state index in [-0.39, 0.29) is 18.3 Å². The number of aryl methyl sites for hydroxylation is 1. The molecule has 0 fully saturated rings. The van der Waals surface area contributed by atoms with E-state index in [0.29, 0.717) is 18.8 Å². The fraction of sp³-hybridized carbons (Fsp3) is 0.474. The summed E-state index contributed by atoms with van der Waals surface area (Å²) in [5.41, 5.74) is 10.7. The summed E-state index contributed by atoms with van der Waals surface area (Å²) in [4.78, 5) is 12.6. The molecule has 0 aliphatic heterocycles. The van der Waals surface area contributed by atoms with Crippen molar-refractivity contribution >= 4 is 18.3 Å². The molecule has 1 aromatic heterocycles. The molecule has 1 heterocycles. The number of nitrogens with zero attached hydrogens (tertiary/aromatic N) is 2. The van der Waals surface area contributed by atoms with Gasteiger partial charge in [-0.15, -0.1) is 12.4 Å². The molecule has 1 amide bonds. The Bertz CT molecular complexity index is 709. The summed E-state index contributed by atoms with van der Waals surface area (Å²) in [5.74, 6) is -0.0592. The molecule has 0 bridgehead atoms. The third-order valence-electron chi connectivity index (χ3n) is 4.59. The van der Waals surface area contributed by atoms with Crippen LogP contribution in [0.2, 0.25) is 0 Å². The average molecular weight is 363 g/mol. The van der Waals surface area contributed by atoms with Crippen molar-refractivity contribution in [2.24, 2.45) is 5.73 Å². The lowest BCUT2D eigenvalue weighted by molar-refractivity contribution is 0.0946. The molecule has 25 heavy (non-hydrogen) atoms. The highest BCUT2D eigenvalue weighted by Crippen LogP contribution is 2.27. The van der Waals surface area contributed by atoms with Gasteiger partial charge >= 0.3 is 0 Å². The van der Waals surface area contributed by atoms with Crippen molar-refractivity contribution < 1.29 is 4.79 Å². The summed E-state index contributed by atoms with van der Waals surface area (Å²) >= 11 is 0. The van der Waals surface area contributed by atoms with Crippen LogP contribution in [0.4, 0.5) is 0 Å². The van der Waals surface area contributed by atoms with Crippen molar-refractivity contribution in [1.82, 2.24) is 15.1 Å². The molecule has 136 valence electrons. The van der Waals surface area contributed by atoms with Crippen LogP contribution in [0.25, 0.3) is 5.69 Å². The summed E-state index contributed by atoms with van der Waals surface area (Å²) in [6.07, 6.45) is 6.03. The van der Waals surface area contributed by atoms with Crippen LogP contribution < -0.4 is 11.1 Å². The number of halogens is 1. The van der Waals surface area contributed by atoms with Gasteiger partial charge in [0.05, 0.1) is 5.69 Å². The van der Waals surface area contributed by atoms with Crippen LogP contribution in [-0.4, -0.2) is 28.8 Å². The molecular weight excluding hydrogens is 336 g/mol. The highest BCUT2D eigenvalue weighted by Gasteiger charge is 2.25. The lowest BCUT2D eigenvalue weighted by Crippen LogP contribution is -2.26. The maximum Gasteiger partial charge on any atom is 0.272 e. The Balaban J connectivity index is 0.00000225. The Morgan fingerprint density at radius 3 is 2.64 bits per heavy atom. The molecule has 5 nitrogen and oxygen atoms in total.